The zero-order chi connectivity index (χ0) is 13.0. The molecule has 0 unspecified atom stereocenters. The Hall–Kier alpha value is -0.900. The number of rotatable bonds is 4. The van der Waals surface area contributed by atoms with E-state index in [2.05, 4.69) is 12.1 Å². The molecular weight excluding hydrogens is 228 g/mol. The van der Waals surface area contributed by atoms with Crippen LogP contribution in [0, 0.1) is 0 Å². The van der Waals surface area contributed by atoms with Crippen LogP contribution in [-0.4, -0.2) is 29.7 Å². The summed E-state index contributed by atoms with van der Waals surface area (Å²) >= 11 is 0. The molecule has 0 saturated carbocycles. The molecule has 0 aliphatic carbocycles. The molecule has 0 spiro atoms. The zero-order valence-electron chi connectivity index (χ0n) is 11.1. The van der Waals surface area contributed by atoms with Crippen molar-refractivity contribution in [3.05, 3.63) is 35.9 Å². The van der Waals surface area contributed by atoms with Gasteiger partial charge in [-0.05, 0) is 32.3 Å². The molecule has 18 heavy (non-hydrogen) atoms. The van der Waals surface area contributed by atoms with Gasteiger partial charge in [0.2, 0.25) is 0 Å². The number of ether oxygens (including phenoxy) is 2. The smallest absolute Gasteiger partial charge is 0.163 e. The summed E-state index contributed by atoms with van der Waals surface area (Å²) in [5.74, 6) is -0.558. The summed E-state index contributed by atoms with van der Waals surface area (Å²) in [5.41, 5.74) is 1.28. The average Bonchev–Trinajstić information content (AvgIpc) is 2.28. The van der Waals surface area contributed by atoms with Crippen LogP contribution in [-0.2, 0) is 15.9 Å². The summed E-state index contributed by atoms with van der Waals surface area (Å²) in [6, 6.07) is 10.3. The van der Waals surface area contributed by atoms with E-state index in [1.165, 1.54) is 5.56 Å². The van der Waals surface area contributed by atoms with Gasteiger partial charge in [0.25, 0.3) is 0 Å². The maximum atomic E-state index is 9.04. The highest BCUT2D eigenvalue weighted by Crippen LogP contribution is 2.29. The molecule has 2 atom stereocenters. The molecule has 0 aromatic heterocycles. The summed E-state index contributed by atoms with van der Waals surface area (Å²) in [5, 5.41) is 9.04. The van der Waals surface area contributed by atoms with Crippen LogP contribution in [0.1, 0.15) is 32.3 Å². The first-order valence-corrected chi connectivity index (χ1v) is 6.59. The Kier molecular flexibility index (Phi) is 4.38. The fraction of sp³-hybridized carbons (Fsp3) is 0.600. The third kappa shape index (κ3) is 3.80. The van der Waals surface area contributed by atoms with Crippen molar-refractivity contribution in [1.29, 1.82) is 0 Å². The van der Waals surface area contributed by atoms with E-state index in [0.717, 1.165) is 12.8 Å². The van der Waals surface area contributed by atoms with Gasteiger partial charge in [0.1, 0.15) is 0 Å². The minimum absolute atomic E-state index is 0.0902. The number of hydrogen-bond acceptors (Lipinski definition) is 3. The predicted molar refractivity (Wildman–Crippen MR) is 70.3 cm³/mol. The van der Waals surface area contributed by atoms with Gasteiger partial charge in [0.05, 0.1) is 12.2 Å². The predicted octanol–water partition coefficient (Wildman–Crippen LogP) is 2.52. The Labute approximate surface area is 109 Å². The summed E-state index contributed by atoms with van der Waals surface area (Å²) in [7, 11) is 0. The van der Waals surface area contributed by atoms with E-state index in [-0.39, 0.29) is 18.8 Å². The van der Waals surface area contributed by atoms with E-state index in [0.29, 0.717) is 6.42 Å². The standard InChI is InChI=1S/C15H22O3/c1-15(2)17-13(8-9-16)11-14(18-15)10-12-6-4-3-5-7-12/h3-7,13-14,16H,8-11H2,1-2H3/t13-,14+/m1/s1. The monoisotopic (exact) mass is 250 g/mol. The summed E-state index contributed by atoms with van der Waals surface area (Å²) < 4.78 is 11.8. The number of aliphatic hydroxyl groups is 1. The van der Waals surface area contributed by atoms with Crippen LogP contribution >= 0.6 is 0 Å². The lowest BCUT2D eigenvalue weighted by Crippen LogP contribution is -2.45. The van der Waals surface area contributed by atoms with Crippen molar-refractivity contribution in [3.8, 4) is 0 Å². The van der Waals surface area contributed by atoms with Crippen molar-refractivity contribution in [2.75, 3.05) is 6.61 Å². The molecule has 1 N–H and O–H groups in total. The zero-order valence-corrected chi connectivity index (χ0v) is 11.1. The van der Waals surface area contributed by atoms with Gasteiger partial charge in [-0.25, -0.2) is 0 Å². The Morgan fingerprint density at radius 3 is 2.50 bits per heavy atom. The van der Waals surface area contributed by atoms with Crippen molar-refractivity contribution in [2.24, 2.45) is 0 Å². The topological polar surface area (TPSA) is 38.7 Å². The van der Waals surface area contributed by atoms with E-state index < -0.39 is 5.79 Å². The first kappa shape index (κ1) is 13.5. The minimum atomic E-state index is -0.558. The Balaban J connectivity index is 1.99. The van der Waals surface area contributed by atoms with Gasteiger partial charge in [-0.3, -0.25) is 0 Å². The number of aliphatic hydroxyl groups excluding tert-OH is 1. The third-order valence-electron chi connectivity index (χ3n) is 3.18. The molecule has 1 fully saturated rings. The Morgan fingerprint density at radius 1 is 1.17 bits per heavy atom. The minimum Gasteiger partial charge on any atom is -0.396 e. The van der Waals surface area contributed by atoms with Crippen molar-refractivity contribution in [3.63, 3.8) is 0 Å². The Morgan fingerprint density at radius 2 is 1.83 bits per heavy atom. The normalized spacial score (nSPS) is 27.1. The second-order valence-electron chi connectivity index (χ2n) is 5.32. The number of benzene rings is 1. The molecule has 100 valence electrons. The maximum absolute atomic E-state index is 9.04. The van der Waals surface area contributed by atoms with Crippen molar-refractivity contribution in [2.45, 2.75) is 51.1 Å². The molecular formula is C15H22O3. The molecule has 3 nitrogen and oxygen atoms in total. The molecule has 0 amide bonds. The molecule has 1 aliphatic heterocycles. The van der Waals surface area contributed by atoms with Crippen LogP contribution in [0.25, 0.3) is 0 Å². The van der Waals surface area contributed by atoms with Crippen molar-refractivity contribution >= 4 is 0 Å². The lowest BCUT2D eigenvalue weighted by molar-refractivity contribution is -0.300. The van der Waals surface area contributed by atoms with Crippen LogP contribution in [0.3, 0.4) is 0 Å². The lowest BCUT2D eigenvalue weighted by Gasteiger charge is -2.41. The van der Waals surface area contributed by atoms with Gasteiger partial charge < -0.3 is 14.6 Å². The van der Waals surface area contributed by atoms with Crippen LogP contribution in [0.4, 0.5) is 0 Å². The highest BCUT2D eigenvalue weighted by molar-refractivity contribution is 5.15. The maximum Gasteiger partial charge on any atom is 0.163 e. The first-order chi connectivity index (χ1) is 8.59. The summed E-state index contributed by atoms with van der Waals surface area (Å²) in [6.07, 6.45) is 2.67. The first-order valence-electron chi connectivity index (χ1n) is 6.59. The average molecular weight is 250 g/mol. The van der Waals surface area contributed by atoms with Crippen LogP contribution in [0.2, 0.25) is 0 Å². The summed E-state index contributed by atoms with van der Waals surface area (Å²) in [4.78, 5) is 0. The fourth-order valence-corrected chi connectivity index (χ4v) is 2.54. The molecule has 1 saturated heterocycles. The molecule has 2 rings (SSSR count). The van der Waals surface area contributed by atoms with E-state index >= 15 is 0 Å². The molecule has 1 heterocycles. The van der Waals surface area contributed by atoms with Crippen LogP contribution in [0.5, 0.6) is 0 Å². The molecule has 0 radical (unpaired) electrons. The quantitative estimate of drug-likeness (QED) is 0.892. The molecule has 1 aromatic carbocycles. The van der Waals surface area contributed by atoms with Crippen molar-refractivity contribution in [1.82, 2.24) is 0 Å². The Bertz CT molecular complexity index is 361. The molecule has 0 bridgehead atoms. The molecule has 3 heteroatoms. The largest absolute Gasteiger partial charge is 0.396 e. The molecule has 1 aromatic rings. The van der Waals surface area contributed by atoms with Crippen LogP contribution < -0.4 is 0 Å². The fourth-order valence-electron chi connectivity index (χ4n) is 2.54. The highest BCUT2D eigenvalue weighted by atomic mass is 16.7. The lowest BCUT2D eigenvalue weighted by atomic mass is 9.99. The van der Waals surface area contributed by atoms with Gasteiger partial charge in [0, 0.05) is 13.0 Å². The van der Waals surface area contributed by atoms with E-state index in [4.69, 9.17) is 14.6 Å². The van der Waals surface area contributed by atoms with E-state index in [1.807, 2.05) is 32.0 Å². The van der Waals surface area contributed by atoms with Gasteiger partial charge in [-0.1, -0.05) is 30.3 Å². The second kappa shape index (κ2) is 5.83. The van der Waals surface area contributed by atoms with Crippen LogP contribution in [0.15, 0.2) is 30.3 Å². The van der Waals surface area contributed by atoms with E-state index in [9.17, 15) is 0 Å². The van der Waals surface area contributed by atoms with Gasteiger partial charge >= 0.3 is 0 Å². The second-order valence-corrected chi connectivity index (χ2v) is 5.32. The summed E-state index contributed by atoms with van der Waals surface area (Å²) in [6.45, 7) is 4.04. The number of hydrogen-bond donors (Lipinski definition) is 1. The van der Waals surface area contributed by atoms with E-state index in [1.54, 1.807) is 0 Å². The highest BCUT2D eigenvalue weighted by Gasteiger charge is 2.34. The van der Waals surface area contributed by atoms with Gasteiger partial charge in [0.15, 0.2) is 5.79 Å². The molecule has 1 aliphatic rings. The van der Waals surface area contributed by atoms with Gasteiger partial charge in [-0.15, -0.1) is 0 Å². The third-order valence-corrected chi connectivity index (χ3v) is 3.18. The van der Waals surface area contributed by atoms with Crippen molar-refractivity contribution < 1.29 is 14.6 Å². The SMILES string of the molecule is CC1(C)O[C@H](CCO)C[C@H](Cc2ccccc2)O1. The van der Waals surface area contributed by atoms with Gasteiger partial charge in [-0.2, -0.15) is 0 Å².